The van der Waals surface area contributed by atoms with E-state index in [-0.39, 0.29) is 11.0 Å². The lowest BCUT2D eigenvalue weighted by atomic mass is 9.94. The van der Waals surface area contributed by atoms with Gasteiger partial charge in [-0.1, -0.05) is 6.92 Å². The molecule has 2 rings (SSSR count). The van der Waals surface area contributed by atoms with Gasteiger partial charge in [0, 0.05) is 6.42 Å². The third-order valence-electron chi connectivity index (χ3n) is 4.44. The molecule has 7 atom stereocenters. The van der Waals surface area contributed by atoms with Gasteiger partial charge in [0.25, 0.3) is 0 Å². The molecule has 13 nitrogen and oxygen atoms in total. The Morgan fingerprint density at radius 3 is 1.75 bits per heavy atom. The zero-order valence-electron chi connectivity index (χ0n) is 14.4. The van der Waals surface area contributed by atoms with Crippen molar-refractivity contribution in [3.63, 3.8) is 0 Å². The maximum Gasteiger partial charge on any atom is 0.427 e. The molecule has 158 valence electrons. The van der Waals surface area contributed by atoms with Gasteiger partial charge in [-0.25, -0.2) is 9.36 Å². The first-order chi connectivity index (χ1) is 12.9. The lowest BCUT2D eigenvalue weighted by Crippen LogP contribution is -2.54. The van der Waals surface area contributed by atoms with Gasteiger partial charge in [-0.3, -0.25) is 4.79 Å². The van der Waals surface area contributed by atoms with E-state index in [0.717, 1.165) is 0 Å². The minimum atomic E-state index is -2.44. The molecule has 0 amide bonds. The van der Waals surface area contributed by atoms with Crippen LogP contribution in [-0.2, 0) is 0 Å². The molecule has 0 aromatic carbocycles. The van der Waals surface area contributed by atoms with Crippen LogP contribution >= 0.6 is 0 Å². The lowest BCUT2D eigenvalue weighted by molar-refractivity contribution is -0.159. The quantitative estimate of drug-likeness (QED) is 0.212. The first-order valence-corrected chi connectivity index (χ1v) is 8.13. The van der Waals surface area contributed by atoms with Gasteiger partial charge in [0.05, 0.1) is 0 Å². The number of hydrogen-bond acceptors (Lipinski definition) is 12. The second-order valence-electron chi connectivity index (χ2n) is 6.24. The summed E-state index contributed by atoms with van der Waals surface area (Å²) >= 11 is 0. The van der Waals surface area contributed by atoms with Gasteiger partial charge < -0.3 is 50.4 Å². The third kappa shape index (κ3) is 3.44. The van der Waals surface area contributed by atoms with E-state index in [2.05, 4.69) is 4.42 Å². The summed E-state index contributed by atoms with van der Waals surface area (Å²) in [6.07, 6.45) is -17.0. The lowest BCUT2D eigenvalue weighted by Gasteiger charge is -2.31. The van der Waals surface area contributed by atoms with Crippen LogP contribution in [0.25, 0.3) is 11.5 Å². The molecule has 0 spiro atoms. The fourth-order valence-corrected chi connectivity index (χ4v) is 2.74. The zero-order chi connectivity index (χ0) is 21.5. The summed E-state index contributed by atoms with van der Waals surface area (Å²) < 4.78 is 4.86. The van der Waals surface area contributed by atoms with Crippen molar-refractivity contribution in [3.05, 3.63) is 21.3 Å². The van der Waals surface area contributed by atoms with E-state index in [1.807, 2.05) is 0 Å². The van der Waals surface area contributed by atoms with Gasteiger partial charge >= 0.3 is 5.76 Å². The molecule has 13 heteroatoms. The van der Waals surface area contributed by atoms with Crippen molar-refractivity contribution < 1.29 is 55.2 Å². The van der Waals surface area contributed by atoms with Gasteiger partial charge in [0.1, 0.15) is 48.1 Å². The Morgan fingerprint density at radius 1 is 0.857 bits per heavy atom. The van der Waals surface area contributed by atoms with E-state index in [4.69, 9.17) is 0 Å². The SMILES string of the molecule is CCC(=O)n1c(=O)oc2c1=C(O)C(O)C(O)C(O)C(O)C(O)C(O)C(O)C=2O. The summed E-state index contributed by atoms with van der Waals surface area (Å²) in [5, 5.41) is 89.2. The number of aliphatic hydroxyl groups is 9. The highest BCUT2D eigenvalue weighted by atomic mass is 16.4. The molecule has 0 saturated heterocycles. The highest BCUT2D eigenvalue weighted by Crippen LogP contribution is 2.18. The molecule has 0 bridgehead atoms. The highest BCUT2D eigenvalue weighted by Gasteiger charge is 2.42. The Kier molecular flexibility index (Phi) is 6.30. The van der Waals surface area contributed by atoms with E-state index in [1.165, 1.54) is 6.92 Å². The summed E-state index contributed by atoms with van der Waals surface area (Å²) in [5.41, 5.74) is -1.04. The molecule has 0 saturated carbocycles. The van der Waals surface area contributed by atoms with Crippen LogP contribution in [0.1, 0.15) is 18.1 Å². The Bertz CT molecular complexity index is 916. The summed E-state index contributed by atoms with van der Waals surface area (Å²) in [6.45, 7) is 1.33. The van der Waals surface area contributed by atoms with Crippen molar-refractivity contribution in [3.8, 4) is 0 Å². The minimum absolute atomic E-state index is 0.201. The van der Waals surface area contributed by atoms with Crippen molar-refractivity contribution >= 4 is 17.4 Å². The number of carbonyl (C=O) groups excluding carboxylic acids is 1. The fraction of sp³-hybridized carbons (Fsp3) is 0.600. The smallest absolute Gasteiger partial charge is 0.427 e. The average molecular weight is 407 g/mol. The molecule has 0 radical (unpaired) electrons. The number of carbonyl (C=O) groups is 1. The second kappa shape index (κ2) is 8.00. The van der Waals surface area contributed by atoms with Crippen LogP contribution in [0.3, 0.4) is 0 Å². The average Bonchev–Trinajstić information content (AvgIpc) is 3.04. The summed E-state index contributed by atoms with van der Waals surface area (Å²) in [6, 6.07) is 0. The summed E-state index contributed by atoms with van der Waals surface area (Å²) in [4.78, 5) is 24.1. The number of aliphatic hydroxyl groups excluding tert-OH is 9. The predicted molar refractivity (Wildman–Crippen MR) is 87.3 cm³/mol. The van der Waals surface area contributed by atoms with Crippen LogP contribution < -0.4 is 16.5 Å². The van der Waals surface area contributed by atoms with Crippen LogP contribution in [0.5, 0.6) is 0 Å². The Morgan fingerprint density at radius 2 is 1.29 bits per heavy atom. The molecular weight excluding hydrogens is 386 g/mol. The van der Waals surface area contributed by atoms with Crippen LogP contribution in [0.2, 0.25) is 0 Å². The predicted octanol–water partition coefficient (Wildman–Crippen LogP) is -5.64. The van der Waals surface area contributed by atoms with Crippen LogP contribution in [0.15, 0.2) is 9.21 Å². The topological polar surface area (TPSA) is 234 Å². The van der Waals surface area contributed by atoms with Gasteiger partial charge in [-0.15, -0.1) is 0 Å². The Balaban J connectivity index is 3.01. The monoisotopic (exact) mass is 407 g/mol. The van der Waals surface area contributed by atoms with E-state index in [0.29, 0.717) is 0 Å². The molecule has 1 aliphatic carbocycles. The molecule has 1 aromatic rings. The van der Waals surface area contributed by atoms with E-state index in [9.17, 15) is 55.5 Å². The first kappa shape index (κ1) is 22.0. The van der Waals surface area contributed by atoms with Crippen molar-refractivity contribution in [2.24, 2.45) is 0 Å². The van der Waals surface area contributed by atoms with Crippen molar-refractivity contribution in [1.82, 2.24) is 4.57 Å². The third-order valence-corrected chi connectivity index (χ3v) is 4.44. The summed E-state index contributed by atoms with van der Waals surface area (Å²) in [5.74, 6) is -5.07. The highest BCUT2D eigenvalue weighted by molar-refractivity contribution is 5.78. The molecule has 0 aliphatic heterocycles. The largest absolute Gasteiger partial charge is 0.507 e. The number of hydrogen-bond donors (Lipinski definition) is 9. The maximum absolute atomic E-state index is 12.0. The maximum atomic E-state index is 12.0. The molecule has 1 aromatic heterocycles. The molecular formula is C15H21NO12. The molecule has 1 aliphatic rings. The second-order valence-corrected chi connectivity index (χ2v) is 6.24. The fourth-order valence-electron chi connectivity index (χ4n) is 2.74. The van der Waals surface area contributed by atoms with E-state index in [1.54, 1.807) is 0 Å². The number of nitrogens with zero attached hydrogens (tertiary/aromatic N) is 1. The molecule has 1 heterocycles. The summed E-state index contributed by atoms with van der Waals surface area (Å²) in [7, 11) is 0. The number of aromatic nitrogens is 1. The van der Waals surface area contributed by atoms with Gasteiger partial charge in [0.2, 0.25) is 11.3 Å². The van der Waals surface area contributed by atoms with Crippen LogP contribution in [-0.4, -0.2) is 99.2 Å². The van der Waals surface area contributed by atoms with Gasteiger partial charge in [0.15, 0.2) is 11.5 Å². The van der Waals surface area contributed by atoms with Gasteiger partial charge in [-0.05, 0) is 0 Å². The first-order valence-electron chi connectivity index (χ1n) is 8.13. The van der Waals surface area contributed by atoms with Crippen molar-refractivity contribution in [2.75, 3.05) is 0 Å². The normalized spacial score (nSPS) is 34.6. The van der Waals surface area contributed by atoms with Crippen molar-refractivity contribution in [1.29, 1.82) is 0 Å². The zero-order valence-corrected chi connectivity index (χ0v) is 14.4. The Hall–Kier alpha value is -2.26. The Labute approximate surface area is 155 Å². The molecule has 0 fully saturated rings. The standard InChI is InChI=1S/C15H21NO12/c1-2-3(17)16-4-5(18)6(19)7(20)8(21)9(22)10(23)11(24)12(25)13(26)14(4)28-15(16)27/h6-12,18-26H,2H2,1H3. The van der Waals surface area contributed by atoms with E-state index >= 15 is 0 Å². The van der Waals surface area contributed by atoms with Crippen LogP contribution in [0, 0.1) is 0 Å². The molecule has 7 unspecified atom stereocenters. The number of fused-ring (bicyclic) bond motifs is 1. The van der Waals surface area contributed by atoms with Crippen molar-refractivity contribution in [2.45, 2.75) is 56.1 Å². The number of oxazole rings is 1. The minimum Gasteiger partial charge on any atom is -0.507 e. The van der Waals surface area contributed by atoms with Crippen LogP contribution in [0.4, 0.5) is 0 Å². The number of rotatable bonds is 1. The van der Waals surface area contributed by atoms with E-state index < -0.39 is 76.7 Å². The molecule has 9 N–H and O–H groups in total. The molecule has 28 heavy (non-hydrogen) atoms. The van der Waals surface area contributed by atoms with Gasteiger partial charge in [-0.2, -0.15) is 0 Å².